The Labute approximate surface area is 214 Å². The van der Waals surface area contributed by atoms with Crippen LogP contribution in [0.15, 0.2) is 23.0 Å². The zero-order valence-electron chi connectivity index (χ0n) is 21.4. The molecule has 0 aliphatic heterocycles. The molecule has 0 saturated heterocycles. The van der Waals surface area contributed by atoms with Gasteiger partial charge in [-0.3, -0.25) is 9.59 Å². The summed E-state index contributed by atoms with van der Waals surface area (Å²) >= 11 is 6.40. The molecule has 0 atom stereocenters. The standard InChI is InChI=1S/C26H34ClF3N4O2/c1-6-34(19-9-7-18(8-10-19)33(4)5)23-13-17(27)12-20(16(23)3)24(35)31-14-21-22(26(28,29)30)11-15(2)32-25(21)36/h11-13,18-19H,6-10,14H2,1-5H3,(H,31,35)(H,32,36)/t18-,19-. The van der Waals surface area contributed by atoms with Crippen LogP contribution in [0.4, 0.5) is 18.9 Å². The van der Waals surface area contributed by atoms with Gasteiger partial charge in [0, 0.05) is 52.7 Å². The van der Waals surface area contributed by atoms with E-state index in [4.69, 9.17) is 11.6 Å². The highest BCUT2D eigenvalue weighted by Crippen LogP contribution is 2.34. The Morgan fingerprint density at radius 1 is 1.11 bits per heavy atom. The van der Waals surface area contributed by atoms with Gasteiger partial charge in [0.2, 0.25) is 0 Å². The van der Waals surface area contributed by atoms with Gasteiger partial charge in [-0.25, -0.2) is 0 Å². The Kier molecular flexibility index (Phi) is 8.77. The normalized spacial score (nSPS) is 18.4. The second-order valence-electron chi connectivity index (χ2n) is 9.66. The van der Waals surface area contributed by atoms with Crippen LogP contribution in [0.5, 0.6) is 0 Å². The minimum absolute atomic E-state index is 0.0944. The van der Waals surface area contributed by atoms with Crippen molar-refractivity contribution >= 4 is 23.2 Å². The van der Waals surface area contributed by atoms with Crippen LogP contribution in [0.2, 0.25) is 5.02 Å². The zero-order chi connectivity index (χ0) is 26.8. The topological polar surface area (TPSA) is 68.4 Å². The number of halogens is 4. The maximum Gasteiger partial charge on any atom is 0.417 e. The second-order valence-corrected chi connectivity index (χ2v) is 10.1. The summed E-state index contributed by atoms with van der Waals surface area (Å²) in [6, 6.07) is 5.07. The second kappa shape index (κ2) is 11.3. The van der Waals surface area contributed by atoms with Crippen molar-refractivity contribution in [2.24, 2.45) is 0 Å². The average molecular weight is 527 g/mol. The van der Waals surface area contributed by atoms with E-state index >= 15 is 0 Å². The molecule has 2 aromatic rings. The van der Waals surface area contributed by atoms with Gasteiger partial charge in [0.15, 0.2) is 0 Å². The Hall–Kier alpha value is -2.52. The molecule has 10 heteroatoms. The molecular weight excluding hydrogens is 493 g/mol. The van der Waals surface area contributed by atoms with Gasteiger partial charge in [0.1, 0.15) is 0 Å². The maximum absolute atomic E-state index is 13.5. The van der Waals surface area contributed by atoms with E-state index in [0.29, 0.717) is 22.7 Å². The summed E-state index contributed by atoms with van der Waals surface area (Å²) in [6.07, 6.45) is -0.534. The van der Waals surface area contributed by atoms with E-state index in [2.05, 4.69) is 41.1 Å². The maximum atomic E-state index is 13.5. The summed E-state index contributed by atoms with van der Waals surface area (Å²) in [4.78, 5) is 32.3. The quantitative estimate of drug-likeness (QED) is 0.514. The van der Waals surface area contributed by atoms with Gasteiger partial charge in [-0.05, 0) is 84.3 Å². The number of pyridine rings is 1. The predicted octanol–water partition coefficient (Wildman–Crippen LogP) is 5.29. The van der Waals surface area contributed by atoms with Crippen molar-refractivity contribution in [3.8, 4) is 0 Å². The lowest BCUT2D eigenvalue weighted by atomic mass is 9.89. The van der Waals surface area contributed by atoms with Crippen LogP contribution in [-0.2, 0) is 12.7 Å². The third kappa shape index (κ3) is 6.24. The van der Waals surface area contributed by atoms with E-state index in [1.54, 1.807) is 0 Å². The highest BCUT2D eigenvalue weighted by Gasteiger charge is 2.35. The molecule has 198 valence electrons. The molecule has 1 fully saturated rings. The fraction of sp³-hybridized carbons (Fsp3) is 0.538. The fourth-order valence-electron chi connectivity index (χ4n) is 5.12. The van der Waals surface area contributed by atoms with Gasteiger partial charge in [-0.15, -0.1) is 0 Å². The summed E-state index contributed by atoms with van der Waals surface area (Å²) in [6.45, 7) is 5.42. The van der Waals surface area contributed by atoms with Crippen LogP contribution in [0.25, 0.3) is 0 Å². The lowest BCUT2D eigenvalue weighted by molar-refractivity contribution is -0.138. The van der Waals surface area contributed by atoms with Gasteiger partial charge in [-0.2, -0.15) is 13.2 Å². The minimum atomic E-state index is -4.72. The van der Waals surface area contributed by atoms with Gasteiger partial charge in [0.05, 0.1) is 5.56 Å². The van der Waals surface area contributed by atoms with Crippen LogP contribution in [0.3, 0.4) is 0 Å². The number of hydrogen-bond donors (Lipinski definition) is 2. The summed E-state index contributed by atoms with van der Waals surface area (Å²) in [5.74, 6) is -0.586. The third-order valence-electron chi connectivity index (χ3n) is 7.08. The number of aromatic nitrogens is 1. The highest BCUT2D eigenvalue weighted by atomic mass is 35.5. The Bertz CT molecular complexity index is 1160. The largest absolute Gasteiger partial charge is 0.417 e. The van der Waals surface area contributed by atoms with Crippen molar-refractivity contribution in [1.29, 1.82) is 0 Å². The van der Waals surface area contributed by atoms with Crippen molar-refractivity contribution in [3.63, 3.8) is 0 Å². The molecule has 36 heavy (non-hydrogen) atoms. The zero-order valence-corrected chi connectivity index (χ0v) is 22.1. The number of nitrogens with one attached hydrogen (secondary N) is 2. The van der Waals surface area contributed by atoms with E-state index in [1.807, 2.05) is 13.0 Å². The van der Waals surface area contributed by atoms with Crippen LogP contribution in [0.1, 0.15) is 65.3 Å². The molecule has 1 aliphatic rings. The van der Waals surface area contributed by atoms with Gasteiger partial charge in [0.25, 0.3) is 11.5 Å². The van der Waals surface area contributed by atoms with Gasteiger partial charge in [-0.1, -0.05) is 11.6 Å². The van der Waals surface area contributed by atoms with E-state index in [1.165, 1.54) is 13.0 Å². The number of carbonyl (C=O) groups excluding carboxylic acids is 1. The number of nitrogens with zero attached hydrogens (tertiary/aromatic N) is 2. The number of aromatic amines is 1. The number of anilines is 1. The molecule has 2 N–H and O–H groups in total. The molecule has 1 amide bonds. The number of benzene rings is 1. The molecule has 0 bridgehead atoms. The first-order chi connectivity index (χ1) is 16.8. The van der Waals surface area contributed by atoms with E-state index in [-0.39, 0.29) is 11.3 Å². The molecule has 1 aromatic carbocycles. The van der Waals surface area contributed by atoms with Crippen molar-refractivity contribution in [2.45, 2.75) is 71.3 Å². The number of alkyl halides is 3. The molecule has 0 spiro atoms. The van der Waals surface area contributed by atoms with Crippen LogP contribution in [-0.4, -0.2) is 48.5 Å². The number of hydrogen-bond acceptors (Lipinski definition) is 4. The number of amides is 1. The van der Waals surface area contributed by atoms with Crippen LogP contribution < -0.4 is 15.8 Å². The summed E-state index contributed by atoms with van der Waals surface area (Å²) < 4.78 is 40.5. The molecule has 0 unspecified atom stereocenters. The number of aryl methyl sites for hydroxylation is 1. The molecule has 1 aromatic heterocycles. The average Bonchev–Trinajstić information content (AvgIpc) is 2.80. The smallest absolute Gasteiger partial charge is 0.369 e. The lowest BCUT2D eigenvalue weighted by Crippen LogP contribution is -2.42. The molecule has 1 heterocycles. The lowest BCUT2D eigenvalue weighted by Gasteiger charge is -2.40. The van der Waals surface area contributed by atoms with Crippen molar-refractivity contribution in [3.05, 3.63) is 61.5 Å². The molecule has 1 aliphatic carbocycles. The van der Waals surface area contributed by atoms with Crippen molar-refractivity contribution < 1.29 is 18.0 Å². The van der Waals surface area contributed by atoms with Gasteiger partial charge >= 0.3 is 6.18 Å². The molecule has 1 saturated carbocycles. The highest BCUT2D eigenvalue weighted by molar-refractivity contribution is 6.31. The Morgan fingerprint density at radius 3 is 2.28 bits per heavy atom. The molecule has 0 radical (unpaired) electrons. The number of rotatable bonds is 7. The number of H-pyrrole nitrogens is 1. The van der Waals surface area contributed by atoms with Gasteiger partial charge < -0.3 is 20.1 Å². The minimum Gasteiger partial charge on any atom is -0.369 e. The van der Waals surface area contributed by atoms with Crippen molar-refractivity contribution in [2.75, 3.05) is 25.5 Å². The van der Waals surface area contributed by atoms with E-state index in [9.17, 15) is 22.8 Å². The fourth-order valence-corrected chi connectivity index (χ4v) is 5.33. The van der Waals surface area contributed by atoms with Crippen LogP contribution >= 0.6 is 11.6 Å². The first-order valence-electron chi connectivity index (χ1n) is 12.1. The summed E-state index contributed by atoms with van der Waals surface area (Å²) in [5, 5.41) is 2.86. The molecular formula is C26H34ClF3N4O2. The molecule has 6 nitrogen and oxygen atoms in total. The summed E-state index contributed by atoms with van der Waals surface area (Å²) in [7, 11) is 4.19. The number of carbonyl (C=O) groups is 1. The summed E-state index contributed by atoms with van der Waals surface area (Å²) in [5.41, 5.74) is -0.564. The van der Waals surface area contributed by atoms with Crippen LogP contribution in [0, 0.1) is 13.8 Å². The van der Waals surface area contributed by atoms with Crippen molar-refractivity contribution in [1.82, 2.24) is 15.2 Å². The SMILES string of the molecule is CCN(c1cc(Cl)cc(C(=O)NCc2c(C(F)(F)F)cc(C)[nH]c2=O)c1C)[C@H]1CC[C@H](N(C)C)CC1. The molecule has 3 rings (SSSR count). The first kappa shape index (κ1) is 28.1. The predicted molar refractivity (Wildman–Crippen MR) is 137 cm³/mol. The third-order valence-corrected chi connectivity index (χ3v) is 7.30. The Balaban J connectivity index is 1.85. The Morgan fingerprint density at radius 2 is 1.72 bits per heavy atom. The van der Waals surface area contributed by atoms with E-state index in [0.717, 1.165) is 44.0 Å². The first-order valence-corrected chi connectivity index (χ1v) is 12.5. The van der Waals surface area contributed by atoms with E-state index < -0.39 is 35.3 Å². The monoisotopic (exact) mass is 526 g/mol.